The van der Waals surface area contributed by atoms with Crippen molar-refractivity contribution in [3.05, 3.63) is 34.4 Å². The molecule has 5 nitrogen and oxygen atoms in total. The average molecular weight is 254 g/mol. The molecule has 2 rings (SSSR count). The highest BCUT2D eigenvalue weighted by molar-refractivity contribution is 7.85. The summed E-state index contributed by atoms with van der Waals surface area (Å²) >= 11 is 0. The number of non-ortho nitro benzene ring substituents is 1. The summed E-state index contributed by atoms with van der Waals surface area (Å²) in [4.78, 5) is 10.7. The lowest BCUT2D eigenvalue weighted by Gasteiger charge is -2.09. The Kier molecular flexibility index (Phi) is 3.54. The van der Waals surface area contributed by atoms with Crippen molar-refractivity contribution in [2.45, 2.75) is 35.4 Å². The van der Waals surface area contributed by atoms with E-state index in [9.17, 15) is 14.3 Å². The molecule has 0 saturated heterocycles. The zero-order chi connectivity index (χ0) is 12.4. The van der Waals surface area contributed by atoms with Gasteiger partial charge in [0.15, 0.2) is 0 Å². The van der Waals surface area contributed by atoms with Crippen molar-refractivity contribution in [1.82, 2.24) is 0 Å². The molecular weight excluding hydrogens is 240 g/mol. The summed E-state index contributed by atoms with van der Waals surface area (Å²) in [5, 5.41) is 10.6. The van der Waals surface area contributed by atoms with Gasteiger partial charge in [0, 0.05) is 28.3 Å². The van der Waals surface area contributed by atoms with Gasteiger partial charge in [-0.15, -0.1) is 0 Å². The molecule has 0 aliphatic heterocycles. The van der Waals surface area contributed by atoms with Crippen LogP contribution in [0.4, 0.5) is 5.69 Å². The lowest BCUT2D eigenvalue weighted by molar-refractivity contribution is -0.384. The third kappa shape index (κ3) is 2.70. The number of nitrogens with two attached hydrogens (primary N) is 1. The molecule has 0 heterocycles. The summed E-state index contributed by atoms with van der Waals surface area (Å²) in [6, 6.07) is 6.06. The number of hydrogen-bond acceptors (Lipinski definition) is 4. The van der Waals surface area contributed by atoms with E-state index in [1.807, 2.05) is 0 Å². The minimum Gasteiger partial charge on any atom is -0.328 e. The summed E-state index contributed by atoms with van der Waals surface area (Å²) in [6.45, 7) is 0. The molecule has 0 bridgehead atoms. The Bertz CT molecular complexity index is 447. The van der Waals surface area contributed by atoms with Crippen LogP contribution in [-0.2, 0) is 10.8 Å². The molecule has 1 aliphatic rings. The number of benzene rings is 1. The second kappa shape index (κ2) is 4.93. The van der Waals surface area contributed by atoms with Gasteiger partial charge in [-0.2, -0.15) is 0 Å². The van der Waals surface area contributed by atoms with Crippen LogP contribution in [0.5, 0.6) is 0 Å². The first-order valence-corrected chi connectivity index (χ1v) is 6.70. The van der Waals surface area contributed by atoms with Crippen LogP contribution in [-0.4, -0.2) is 20.4 Å². The molecule has 3 unspecified atom stereocenters. The summed E-state index contributed by atoms with van der Waals surface area (Å²) in [5.41, 5.74) is 5.80. The minimum absolute atomic E-state index is 0.0221. The molecular formula is C11H14N2O3S. The van der Waals surface area contributed by atoms with Gasteiger partial charge in [0.1, 0.15) is 0 Å². The SMILES string of the molecule is NC1CCC(S(=O)c2ccc([N+](=O)[O-])cc2)C1. The summed E-state index contributed by atoms with van der Waals surface area (Å²) < 4.78 is 12.2. The van der Waals surface area contributed by atoms with Crippen molar-refractivity contribution < 1.29 is 9.13 Å². The van der Waals surface area contributed by atoms with Crippen LogP contribution < -0.4 is 5.73 Å². The van der Waals surface area contributed by atoms with Crippen molar-refractivity contribution >= 4 is 16.5 Å². The van der Waals surface area contributed by atoms with Gasteiger partial charge < -0.3 is 5.73 Å². The van der Waals surface area contributed by atoms with Crippen LogP contribution >= 0.6 is 0 Å². The predicted molar refractivity (Wildman–Crippen MR) is 65.1 cm³/mol. The number of hydrogen-bond donors (Lipinski definition) is 1. The number of nitro benzene ring substituents is 1. The van der Waals surface area contributed by atoms with Crippen molar-refractivity contribution in [2.24, 2.45) is 5.73 Å². The monoisotopic (exact) mass is 254 g/mol. The minimum atomic E-state index is -1.10. The van der Waals surface area contributed by atoms with Crippen LogP contribution in [0.1, 0.15) is 19.3 Å². The van der Waals surface area contributed by atoms with Crippen molar-refractivity contribution in [3.63, 3.8) is 0 Å². The molecule has 17 heavy (non-hydrogen) atoms. The summed E-state index contributed by atoms with van der Waals surface area (Å²) in [7, 11) is -1.10. The maximum absolute atomic E-state index is 12.2. The Morgan fingerprint density at radius 1 is 1.29 bits per heavy atom. The molecule has 0 radical (unpaired) electrons. The molecule has 3 atom stereocenters. The molecule has 1 fully saturated rings. The second-order valence-corrected chi connectivity index (χ2v) is 5.98. The Hall–Kier alpha value is -1.27. The molecule has 1 saturated carbocycles. The number of nitro groups is 1. The first-order chi connectivity index (χ1) is 8.08. The van der Waals surface area contributed by atoms with E-state index in [1.165, 1.54) is 12.1 Å². The fourth-order valence-corrected chi connectivity index (χ4v) is 3.62. The quantitative estimate of drug-likeness (QED) is 0.655. The predicted octanol–water partition coefficient (Wildman–Crippen LogP) is 1.58. The van der Waals surface area contributed by atoms with Crippen molar-refractivity contribution in [2.75, 3.05) is 0 Å². The van der Waals surface area contributed by atoms with Gasteiger partial charge in [-0.1, -0.05) is 0 Å². The third-order valence-corrected chi connectivity index (χ3v) is 4.78. The second-order valence-electron chi connectivity index (χ2n) is 4.24. The van der Waals surface area contributed by atoms with E-state index in [2.05, 4.69) is 0 Å². The standard InChI is InChI=1S/C11H14N2O3S/c12-8-1-4-11(7-8)17(16)10-5-2-9(3-6-10)13(14)15/h2-3,5-6,8,11H,1,4,7,12H2. The molecule has 1 aliphatic carbocycles. The highest BCUT2D eigenvalue weighted by Crippen LogP contribution is 2.27. The van der Waals surface area contributed by atoms with Gasteiger partial charge in [0.25, 0.3) is 5.69 Å². The maximum atomic E-state index is 12.2. The van der Waals surface area contributed by atoms with Crippen molar-refractivity contribution in [1.29, 1.82) is 0 Å². The fraction of sp³-hybridized carbons (Fsp3) is 0.455. The Labute approximate surface area is 102 Å². The normalized spacial score (nSPS) is 25.7. The molecule has 0 aromatic heterocycles. The van der Waals surface area contributed by atoms with E-state index in [1.54, 1.807) is 12.1 Å². The molecule has 6 heteroatoms. The molecule has 2 N–H and O–H groups in total. The van der Waals surface area contributed by atoms with Crippen LogP contribution in [0.3, 0.4) is 0 Å². The van der Waals surface area contributed by atoms with Gasteiger partial charge in [-0.3, -0.25) is 14.3 Å². The lowest BCUT2D eigenvalue weighted by Crippen LogP contribution is -2.18. The van der Waals surface area contributed by atoms with Crippen LogP contribution in [0, 0.1) is 10.1 Å². The van der Waals surface area contributed by atoms with E-state index in [4.69, 9.17) is 5.73 Å². The first kappa shape index (κ1) is 12.2. The van der Waals surface area contributed by atoms with Crippen LogP contribution in [0.2, 0.25) is 0 Å². The first-order valence-electron chi connectivity index (χ1n) is 5.48. The Morgan fingerprint density at radius 3 is 2.41 bits per heavy atom. The highest BCUT2D eigenvalue weighted by Gasteiger charge is 2.27. The maximum Gasteiger partial charge on any atom is 0.269 e. The van der Waals surface area contributed by atoms with E-state index in [0.717, 1.165) is 19.3 Å². The van der Waals surface area contributed by atoms with Gasteiger partial charge in [-0.05, 0) is 31.4 Å². The van der Waals surface area contributed by atoms with Gasteiger partial charge in [0.05, 0.1) is 15.7 Å². The molecule has 92 valence electrons. The fourth-order valence-electron chi connectivity index (χ4n) is 2.06. The highest BCUT2D eigenvalue weighted by atomic mass is 32.2. The zero-order valence-corrected chi connectivity index (χ0v) is 10.1. The number of rotatable bonds is 3. The van der Waals surface area contributed by atoms with Gasteiger partial charge in [0.2, 0.25) is 0 Å². The van der Waals surface area contributed by atoms with Gasteiger partial charge >= 0.3 is 0 Å². The number of nitrogens with zero attached hydrogens (tertiary/aromatic N) is 1. The van der Waals surface area contributed by atoms with E-state index in [-0.39, 0.29) is 17.0 Å². The third-order valence-electron chi connectivity index (χ3n) is 3.01. The lowest BCUT2D eigenvalue weighted by atomic mass is 10.3. The summed E-state index contributed by atoms with van der Waals surface area (Å²) in [6.07, 6.45) is 2.54. The summed E-state index contributed by atoms with van der Waals surface area (Å²) in [5.74, 6) is 0. The topological polar surface area (TPSA) is 86.2 Å². The van der Waals surface area contributed by atoms with E-state index >= 15 is 0 Å². The van der Waals surface area contributed by atoms with E-state index < -0.39 is 15.7 Å². The molecule has 0 spiro atoms. The van der Waals surface area contributed by atoms with Crippen molar-refractivity contribution in [3.8, 4) is 0 Å². The zero-order valence-electron chi connectivity index (χ0n) is 9.24. The molecule has 1 aromatic rings. The smallest absolute Gasteiger partial charge is 0.269 e. The van der Waals surface area contributed by atoms with E-state index in [0.29, 0.717) is 4.90 Å². The Morgan fingerprint density at radius 2 is 1.94 bits per heavy atom. The largest absolute Gasteiger partial charge is 0.328 e. The average Bonchev–Trinajstić information content (AvgIpc) is 2.75. The molecule has 1 aromatic carbocycles. The van der Waals surface area contributed by atoms with Crippen LogP contribution in [0.15, 0.2) is 29.2 Å². The van der Waals surface area contributed by atoms with Crippen LogP contribution in [0.25, 0.3) is 0 Å². The Balaban J connectivity index is 2.12. The molecule has 0 amide bonds. The van der Waals surface area contributed by atoms with Gasteiger partial charge in [-0.25, -0.2) is 0 Å².